The highest BCUT2D eigenvalue weighted by molar-refractivity contribution is 7.02. The van der Waals surface area contributed by atoms with Crippen LogP contribution in [0.15, 0.2) is 42.5 Å². The van der Waals surface area contributed by atoms with Gasteiger partial charge in [-0.2, -0.15) is 0 Å². The standard InChI is InChI=1S/C22H30N2Si/c1-8-9-18-19-12-10-16(23(2)3)14-21(19)25(6,7)22-15-17(24(4)5)11-13-20(18)22/h9-15H,8H2,1-7H3. The molecule has 0 fully saturated rings. The molecule has 3 rings (SSSR count). The van der Waals surface area contributed by atoms with E-state index in [0.717, 1.165) is 6.42 Å². The van der Waals surface area contributed by atoms with Crippen LogP contribution in [-0.2, 0) is 0 Å². The fraction of sp³-hybridized carbons (Fsp3) is 0.364. The summed E-state index contributed by atoms with van der Waals surface area (Å²) in [5.74, 6) is 0. The number of hydrogen-bond acceptors (Lipinski definition) is 2. The molecular weight excluding hydrogens is 320 g/mol. The van der Waals surface area contributed by atoms with E-state index in [1.807, 2.05) is 0 Å². The summed E-state index contributed by atoms with van der Waals surface area (Å²) in [7, 11) is 6.75. The topological polar surface area (TPSA) is 6.48 Å². The van der Waals surface area contributed by atoms with Gasteiger partial charge in [0, 0.05) is 39.6 Å². The molecule has 0 radical (unpaired) electrons. The van der Waals surface area contributed by atoms with Gasteiger partial charge >= 0.3 is 0 Å². The van der Waals surface area contributed by atoms with Crippen molar-refractivity contribution < 1.29 is 0 Å². The minimum atomic E-state index is -1.75. The summed E-state index contributed by atoms with van der Waals surface area (Å²) in [4.78, 5) is 4.42. The van der Waals surface area contributed by atoms with Crippen molar-refractivity contribution in [3.05, 3.63) is 53.6 Å². The van der Waals surface area contributed by atoms with E-state index in [2.05, 4.69) is 100 Å². The average molecular weight is 351 g/mol. The Labute approximate surface area is 153 Å². The van der Waals surface area contributed by atoms with Crippen LogP contribution in [0.3, 0.4) is 0 Å². The Morgan fingerprint density at radius 3 is 1.60 bits per heavy atom. The third kappa shape index (κ3) is 2.91. The summed E-state index contributed by atoms with van der Waals surface area (Å²) >= 11 is 0. The molecule has 0 amide bonds. The van der Waals surface area contributed by atoms with Gasteiger partial charge in [-0.15, -0.1) is 0 Å². The minimum absolute atomic E-state index is 1.06. The molecular formula is C22H30N2Si. The molecule has 1 heterocycles. The van der Waals surface area contributed by atoms with E-state index in [0.29, 0.717) is 0 Å². The number of nitrogens with zero attached hydrogens (tertiary/aromatic N) is 2. The molecule has 0 saturated heterocycles. The second-order valence-electron chi connectivity index (χ2n) is 7.90. The monoisotopic (exact) mass is 350 g/mol. The summed E-state index contributed by atoms with van der Waals surface area (Å²) < 4.78 is 0. The van der Waals surface area contributed by atoms with Crippen LogP contribution in [0.1, 0.15) is 24.5 Å². The lowest BCUT2D eigenvalue weighted by molar-refractivity contribution is 1.13. The van der Waals surface area contributed by atoms with Gasteiger partial charge in [0.25, 0.3) is 0 Å². The zero-order chi connectivity index (χ0) is 18.4. The van der Waals surface area contributed by atoms with Crippen molar-refractivity contribution in [1.29, 1.82) is 0 Å². The van der Waals surface area contributed by atoms with Crippen LogP contribution < -0.4 is 20.2 Å². The van der Waals surface area contributed by atoms with Gasteiger partial charge in [0.1, 0.15) is 8.07 Å². The highest BCUT2D eigenvalue weighted by Gasteiger charge is 2.37. The van der Waals surface area contributed by atoms with Gasteiger partial charge in [-0.25, -0.2) is 0 Å². The number of hydrogen-bond donors (Lipinski definition) is 0. The van der Waals surface area contributed by atoms with Crippen LogP contribution >= 0.6 is 0 Å². The number of fused-ring (bicyclic) bond motifs is 2. The van der Waals surface area contributed by atoms with Crippen molar-refractivity contribution >= 4 is 35.4 Å². The van der Waals surface area contributed by atoms with E-state index in [1.165, 1.54) is 28.1 Å². The maximum Gasteiger partial charge on any atom is 0.114 e. The van der Waals surface area contributed by atoms with E-state index in [-0.39, 0.29) is 0 Å². The summed E-state index contributed by atoms with van der Waals surface area (Å²) in [5, 5.41) is 3.11. The van der Waals surface area contributed by atoms with Crippen molar-refractivity contribution in [1.82, 2.24) is 0 Å². The van der Waals surface area contributed by atoms with Crippen LogP contribution in [0, 0.1) is 0 Å². The number of rotatable bonds is 3. The quantitative estimate of drug-likeness (QED) is 0.777. The number of anilines is 2. The van der Waals surface area contributed by atoms with Crippen molar-refractivity contribution in [3.63, 3.8) is 0 Å². The maximum absolute atomic E-state index is 2.49. The van der Waals surface area contributed by atoms with E-state index in [1.54, 1.807) is 10.4 Å². The van der Waals surface area contributed by atoms with Crippen LogP contribution in [0.5, 0.6) is 0 Å². The summed E-state index contributed by atoms with van der Waals surface area (Å²) in [5.41, 5.74) is 6.88. The highest BCUT2D eigenvalue weighted by Crippen LogP contribution is 2.32. The predicted octanol–water partition coefficient (Wildman–Crippen LogP) is 3.80. The van der Waals surface area contributed by atoms with Gasteiger partial charge in [0.15, 0.2) is 0 Å². The molecule has 0 spiro atoms. The predicted molar refractivity (Wildman–Crippen MR) is 116 cm³/mol. The van der Waals surface area contributed by atoms with Gasteiger partial charge in [-0.1, -0.05) is 38.2 Å². The summed E-state index contributed by atoms with van der Waals surface area (Å²) in [6, 6.07) is 14.0. The van der Waals surface area contributed by atoms with Crippen molar-refractivity contribution in [2.24, 2.45) is 0 Å². The lowest BCUT2D eigenvalue weighted by Crippen LogP contribution is -2.58. The van der Waals surface area contributed by atoms with Gasteiger partial charge in [-0.3, -0.25) is 0 Å². The first kappa shape index (κ1) is 17.8. The Hall–Kier alpha value is -2.00. The van der Waals surface area contributed by atoms with E-state index < -0.39 is 8.07 Å². The fourth-order valence-electron chi connectivity index (χ4n) is 3.84. The molecule has 2 aromatic carbocycles. The lowest BCUT2D eigenvalue weighted by atomic mass is 9.95. The highest BCUT2D eigenvalue weighted by atomic mass is 28.3. The zero-order valence-corrected chi connectivity index (χ0v) is 17.6. The Morgan fingerprint density at radius 1 is 0.800 bits per heavy atom. The minimum Gasteiger partial charge on any atom is -0.378 e. The molecule has 0 saturated carbocycles. The van der Waals surface area contributed by atoms with Crippen molar-refractivity contribution in [2.75, 3.05) is 38.0 Å². The molecule has 0 atom stereocenters. The molecule has 0 bridgehead atoms. The summed E-state index contributed by atoms with van der Waals surface area (Å²) in [6.45, 7) is 7.21. The van der Waals surface area contributed by atoms with Gasteiger partial charge in [-0.05, 0) is 57.8 Å². The van der Waals surface area contributed by atoms with E-state index >= 15 is 0 Å². The third-order valence-electron chi connectivity index (χ3n) is 5.37. The molecule has 132 valence electrons. The normalized spacial score (nSPS) is 14.6. The molecule has 0 aromatic heterocycles. The molecule has 3 heteroatoms. The molecule has 0 unspecified atom stereocenters. The number of allylic oxidation sites excluding steroid dienone is 1. The first-order valence-electron chi connectivity index (χ1n) is 9.12. The van der Waals surface area contributed by atoms with E-state index in [9.17, 15) is 0 Å². The van der Waals surface area contributed by atoms with Gasteiger partial charge in [0.2, 0.25) is 0 Å². The first-order chi connectivity index (χ1) is 11.8. The molecule has 0 aliphatic carbocycles. The molecule has 25 heavy (non-hydrogen) atoms. The van der Waals surface area contributed by atoms with Crippen molar-refractivity contribution in [2.45, 2.75) is 26.4 Å². The van der Waals surface area contributed by atoms with E-state index in [4.69, 9.17) is 0 Å². The molecule has 1 aliphatic heterocycles. The van der Waals surface area contributed by atoms with Crippen molar-refractivity contribution in [3.8, 4) is 0 Å². The second kappa shape index (κ2) is 6.38. The lowest BCUT2D eigenvalue weighted by Gasteiger charge is -2.36. The average Bonchev–Trinajstić information content (AvgIpc) is 2.58. The first-order valence-corrected chi connectivity index (χ1v) is 12.1. The molecule has 2 nitrogen and oxygen atoms in total. The molecule has 0 N–H and O–H groups in total. The summed E-state index contributed by atoms with van der Waals surface area (Å²) in [6.07, 6.45) is 3.45. The van der Waals surface area contributed by atoms with Gasteiger partial charge < -0.3 is 9.80 Å². The van der Waals surface area contributed by atoms with Gasteiger partial charge in [0.05, 0.1) is 0 Å². The SMILES string of the molecule is CCC=C1c2ccc(N(C)C)cc2[Si](C)(C)c2cc(N(C)C)ccc21. The Balaban J connectivity index is 2.31. The Bertz CT molecular complexity index is 768. The Kier molecular flexibility index (Phi) is 4.54. The zero-order valence-electron chi connectivity index (χ0n) is 16.6. The smallest absolute Gasteiger partial charge is 0.114 e. The largest absolute Gasteiger partial charge is 0.378 e. The number of benzene rings is 2. The van der Waals surface area contributed by atoms with Crippen LogP contribution in [0.2, 0.25) is 13.1 Å². The third-order valence-corrected chi connectivity index (χ3v) is 8.90. The van der Waals surface area contributed by atoms with Crippen LogP contribution in [-0.4, -0.2) is 36.3 Å². The van der Waals surface area contributed by atoms with Crippen LogP contribution in [0.25, 0.3) is 5.57 Å². The Morgan fingerprint density at radius 2 is 1.24 bits per heavy atom. The van der Waals surface area contributed by atoms with Crippen LogP contribution in [0.4, 0.5) is 11.4 Å². The fourth-order valence-corrected chi connectivity index (χ4v) is 6.93. The molecule has 2 aromatic rings. The molecule has 1 aliphatic rings. The second-order valence-corrected chi connectivity index (χ2v) is 12.2. The maximum atomic E-state index is 2.49.